The number of halogens is 1. The Morgan fingerprint density at radius 2 is 2.15 bits per heavy atom. The van der Waals surface area contributed by atoms with Crippen molar-refractivity contribution in [1.82, 2.24) is 15.1 Å². The van der Waals surface area contributed by atoms with Gasteiger partial charge in [0.05, 0.1) is 5.25 Å². The highest BCUT2D eigenvalue weighted by atomic mass is 32.2. The number of rotatable bonds is 6. The van der Waals surface area contributed by atoms with E-state index in [1.54, 1.807) is 6.07 Å². The van der Waals surface area contributed by atoms with Gasteiger partial charge in [-0.05, 0) is 33.2 Å². The molecule has 1 heterocycles. The Bertz CT molecular complexity index is 557. The second-order valence-corrected chi connectivity index (χ2v) is 7.23. The lowest BCUT2D eigenvalue weighted by atomic mass is 10.2. The molecular weight excluding hydrogens is 293 g/mol. The number of hydrogen-bond donors (Lipinski definition) is 0. The highest BCUT2D eigenvalue weighted by Gasteiger charge is 2.13. The minimum absolute atomic E-state index is 0.243. The van der Waals surface area contributed by atoms with Crippen molar-refractivity contribution < 1.29 is 4.39 Å². The van der Waals surface area contributed by atoms with Crippen molar-refractivity contribution in [2.75, 3.05) is 26.4 Å². The minimum Gasteiger partial charge on any atom is -0.309 e. The fourth-order valence-electron chi connectivity index (χ4n) is 1.62. The Morgan fingerprint density at radius 3 is 2.85 bits per heavy atom. The average molecular weight is 311 g/mol. The van der Waals surface area contributed by atoms with E-state index in [-0.39, 0.29) is 5.82 Å². The summed E-state index contributed by atoms with van der Waals surface area (Å²) < 4.78 is 13.2. The van der Waals surface area contributed by atoms with Crippen LogP contribution >= 0.6 is 23.1 Å². The molecule has 0 spiro atoms. The lowest BCUT2D eigenvalue weighted by Crippen LogP contribution is -2.15. The van der Waals surface area contributed by atoms with Crippen LogP contribution in [0, 0.1) is 5.82 Å². The summed E-state index contributed by atoms with van der Waals surface area (Å²) in [6.45, 7) is 3.18. The second kappa shape index (κ2) is 7.15. The molecular formula is C14H18FN3S2. The summed E-state index contributed by atoms with van der Waals surface area (Å²) in [5, 5.41) is 10.5. The van der Waals surface area contributed by atoms with E-state index in [9.17, 15) is 4.39 Å². The highest BCUT2D eigenvalue weighted by molar-refractivity contribution is 7.99. The number of hydrogen-bond acceptors (Lipinski definition) is 5. The fourth-order valence-corrected chi connectivity index (χ4v) is 3.75. The molecule has 0 saturated heterocycles. The maximum Gasteiger partial charge on any atom is 0.147 e. The summed E-state index contributed by atoms with van der Waals surface area (Å²) in [7, 11) is 4.14. The van der Waals surface area contributed by atoms with E-state index in [2.05, 4.69) is 36.1 Å². The first-order valence-corrected chi connectivity index (χ1v) is 8.28. The van der Waals surface area contributed by atoms with Gasteiger partial charge in [-0.25, -0.2) is 4.39 Å². The molecule has 0 aliphatic carbocycles. The van der Waals surface area contributed by atoms with Gasteiger partial charge < -0.3 is 4.90 Å². The van der Waals surface area contributed by atoms with E-state index >= 15 is 0 Å². The van der Waals surface area contributed by atoms with Gasteiger partial charge in [-0.3, -0.25) is 0 Å². The number of nitrogens with zero attached hydrogens (tertiary/aromatic N) is 3. The SMILES string of the molecule is C[C@@H](SCCN(C)C)c1nnc(-c2cccc(F)c2)s1. The van der Waals surface area contributed by atoms with E-state index in [1.807, 2.05) is 17.8 Å². The predicted octanol–water partition coefficient (Wildman–Crippen LogP) is 3.70. The van der Waals surface area contributed by atoms with Crippen LogP contribution in [0.4, 0.5) is 4.39 Å². The normalized spacial score (nSPS) is 12.8. The van der Waals surface area contributed by atoms with Crippen molar-refractivity contribution in [3.05, 3.63) is 35.1 Å². The lowest BCUT2D eigenvalue weighted by molar-refractivity contribution is 0.437. The van der Waals surface area contributed by atoms with Gasteiger partial charge in [0.15, 0.2) is 0 Å². The summed E-state index contributed by atoms with van der Waals surface area (Å²) in [5.41, 5.74) is 0.791. The number of benzene rings is 1. The molecule has 2 aromatic rings. The van der Waals surface area contributed by atoms with Gasteiger partial charge >= 0.3 is 0 Å². The summed E-state index contributed by atoms with van der Waals surface area (Å²) in [6.07, 6.45) is 0. The minimum atomic E-state index is -0.243. The van der Waals surface area contributed by atoms with E-state index < -0.39 is 0 Å². The molecule has 1 atom stereocenters. The van der Waals surface area contributed by atoms with Crippen molar-refractivity contribution >= 4 is 23.1 Å². The molecule has 0 aliphatic heterocycles. The van der Waals surface area contributed by atoms with Crippen LogP contribution in [-0.2, 0) is 0 Å². The summed E-state index contributed by atoms with van der Waals surface area (Å²) in [5.74, 6) is 0.816. The highest BCUT2D eigenvalue weighted by Crippen LogP contribution is 2.33. The molecule has 108 valence electrons. The van der Waals surface area contributed by atoms with Crippen LogP contribution in [0.5, 0.6) is 0 Å². The van der Waals surface area contributed by atoms with Crippen LogP contribution < -0.4 is 0 Å². The molecule has 0 aliphatic rings. The Morgan fingerprint density at radius 1 is 1.35 bits per heavy atom. The fraction of sp³-hybridized carbons (Fsp3) is 0.429. The van der Waals surface area contributed by atoms with Crippen molar-refractivity contribution in [3.63, 3.8) is 0 Å². The van der Waals surface area contributed by atoms with Gasteiger partial charge in [0.2, 0.25) is 0 Å². The average Bonchev–Trinajstić information content (AvgIpc) is 2.87. The van der Waals surface area contributed by atoms with Crippen LogP contribution in [-0.4, -0.2) is 41.5 Å². The van der Waals surface area contributed by atoms with Crippen LogP contribution in [0.1, 0.15) is 17.2 Å². The monoisotopic (exact) mass is 311 g/mol. The molecule has 0 unspecified atom stereocenters. The van der Waals surface area contributed by atoms with Crippen LogP contribution in [0.15, 0.2) is 24.3 Å². The molecule has 0 N–H and O–H groups in total. The largest absolute Gasteiger partial charge is 0.309 e. The third kappa shape index (κ3) is 4.26. The molecule has 0 fully saturated rings. The molecule has 20 heavy (non-hydrogen) atoms. The zero-order chi connectivity index (χ0) is 14.5. The van der Waals surface area contributed by atoms with Crippen molar-refractivity contribution in [2.45, 2.75) is 12.2 Å². The third-order valence-corrected chi connectivity index (χ3v) is 5.21. The molecule has 3 nitrogen and oxygen atoms in total. The van der Waals surface area contributed by atoms with Crippen LogP contribution in [0.25, 0.3) is 10.6 Å². The molecule has 0 radical (unpaired) electrons. The predicted molar refractivity (Wildman–Crippen MR) is 84.7 cm³/mol. The second-order valence-electron chi connectivity index (χ2n) is 4.77. The summed E-state index contributed by atoms with van der Waals surface area (Å²) in [4.78, 5) is 2.16. The maximum absolute atomic E-state index is 13.2. The standard InChI is InChI=1S/C14H18FN3S2/c1-10(19-8-7-18(2)3)13-16-17-14(20-13)11-5-4-6-12(15)9-11/h4-6,9-10H,7-8H2,1-3H3/t10-/m1/s1. The maximum atomic E-state index is 13.2. The Kier molecular flexibility index (Phi) is 5.51. The first-order chi connectivity index (χ1) is 9.56. The molecule has 1 aromatic carbocycles. The molecule has 0 saturated carbocycles. The van der Waals surface area contributed by atoms with Gasteiger partial charge in [0, 0.05) is 17.9 Å². The smallest absolute Gasteiger partial charge is 0.147 e. The van der Waals surface area contributed by atoms with E-state index in [1.165, 1.54) is 23.5 Å². The Labute approximate surface area is 127 Å². The van der Waals surface area contributed by atoms with Crippen LogP contribution in [0.2, 0.25) is 0 Å². The van der Waals surface area contributed by atoms with Gasteiger partial charge in [0.1, 0.15) is 15.8 Å². The molecule has 1 aromatic heterocycles. The summed E-state index contributed by atoms with van der Waals surface area (Å²) >= 11 is 3.40. The molecule has 0 bridgehead atoms. The van der Waals surface area contributed by atoms with Crippen LogP contribution in [0.3, 0.4) is 0 Å². The zero-order valence-electron chi connectivity index (χ0n) is 11.8. The van der Waals surface area contributed by atoms with Crippen molar-refractivity contribution in [1.29, 1.82) is 0 Å². The Hall–Kier alpha value is -0.980. The van der Waals surface area contributed by atoms with Gasteiger partial charge in [-0.15, -0.1) is 10.2 Å². The van der Waals surface area contributed by atoms with Crippen molar-refractivity contribution in [2.24, 2.45) is 0 Å². The first kappa shape index (κ1) is 15.4. The molecule has 0 amide bonds. The number of aromatic nitrogens is 2. The van der Waals surface area contributed by atoms with E-state index in [0.717, 1.165) is 27.9 Å². The topological polar surface area (TPSA) is 29.0 Å². The van der Waals surface area contributed by atoms with Gasteiger partial charge in [-0.2, -0.15) is 11.8 Å². The van der Waals surface area contributed by atoms with E-state index in [4.69, 9.17) is 0 Å². The van der Waals surface area contributed by atoms with E-state index in [0.29, 0.717) is 5.25 Å². The Balaban J connectivity index is 2.01. The lowest BCUT2D eigenvalue weighted by Gasteiger charge is -2.11. The third-order valence-electron chi connectivity index (χ3n) is 2.77. The first-order valence-electron chi connectivity index (χ1n) is 6.42. The van der Waals surface area contributed by atoms with Gasteiger partial charge in [0.25, 0.3) is 0 Å². The number of thioether (sulfide) groups is 1. The quantitative estimate of drug-likeness (QED) is 0.813. The van der Waals surface area contributed by atoms with Crippen molar-refractivity contribution in [3.8, 4) is 10.6 Å². The zero-order valence-corrected chi connectivity index (χ0v) is 13.5. The summed E-state index contributed by atoms with van der Waals surface area (Å²) in [6, 6.07) is 6.48. The molecule has 6 heteroatoms. The van der Waals surface area contributed by atoms with Gasteiger partial charge in [-0.1, -0.05) is 23.5 Å². The molecule has 2 rings (SSSR count).